The Morgan fingerprint density at radius 1 is 1.11 bits per heavy atom. The van der Waals surface area contributed by atoms with E-state index in [1.165, 1.54) is 6.07 Å². The van der Waals surface area contributed by atoms with Gasteiger partial charge in [0, 0.05) is 36.6 Å². The van der Waals surface area contributed by atoms with Crippen molar-refractivity contribution in [3.05, 3.63) is 71.9 Å². The SMILES string of the molecule is O=C(CCCc1nc(-c2ccccc2)no1)N(Cc1ccccc1F)C1CC1. The second-order valence-corrected chi connectivity index (χ2v) is 7.08. The summed E-state index contributed by atoms with van der Waals surface area (Å²) in [6.07, 6.45) is 3.53. The van der Waals surface area contributed by atoms with Crippen molar-refractivity contribution in [3.63, 3.8) is 0 Å². The number of aryl methyl sites for hydroxylation is 1. The molecule has 1 aliphatic rings. The number of halogens is 1. The van der Waals surface area contributed by atoms with E-state index >= 15 is 0 Å². The quantitative estimate of drug-likeness (QED) is 0.582. The molecule has 28 heavy (non-hydrogen) atoms. The summed E-state index contributed by atoms with van der Waals surface area (Å²) in [6.45, 7) is 0.328. The average Bonchev–Trinajstić information content (AvgIpc) is 3.45. The molecular formula is C22H22FN3O2. The van der Waals surface area contributed by atoms with Crippen molar-refractivity contribution < 1.29 is 13.7 Å². The minimum Gasteiger partial charge on any atom is -0.339 e. The second kappa shape index (κ2) is 8.33. The fourth-order valence-electron chi connectivity index (χ4n) is 3.21. The first-order valence-electron chi connectivity index (χ1n) is 9.61. The molecule has 0 radical (unpaired) electrons. The fourth-order valence-corrected chi connectivity index (χ4v) is 3.21. The molecule has 3 aromatic rings. The number of hydrogen-bond donors (Lipinski definition) is 0. The Bertz CT molecular complexity index is 938. The third-order valence-corrected chi connectivity index (χ3v) is 4.89. The topological polar surface area (TPSA) is 59.2 Å². The van der Waals surface area contributed by atoms with Crippen LogP contribution < -0.4 is 0 Å². The van der Waals surface area contributed by atoms with Crippen molar-refractivity contribution in [1.82, 2.24) is 15.0 Å². The van der Waals surface area contributed by atoms with Crippen LogP contribution in [0.4, 0.5) is 4.39 Å². The summed E-state index contributed by atoms with van der Waals surface area (Å²) in [5.41, 5.74) is 1.46. The molecule has 6 heteroatoms. The maximum absolute atomic E-state index is 13.9. The van der Waals surface area contributed by atoms with Crippen LogP contribution in [0.3, 0.4) is 0 Å². The highest BCUT2D eigenvalue weighted by molar-refractivity contribution is 5.76. The molecule has 0 N–H and O–H groups in total. The van der Waals surface area contributed by atoms with Crippen LogP contribution >= 0.6 is 0 Å². The van der Waals surface area contributed by atoms with E-state index in [0.717, 1.165) is 18.4 Å². The predicted molar refractivity (Wildman–Crippen MR) is 103 cm³/mol. The van der Waals surface area contributed by atoms with E-state index in [1.54, 1.807) is 18.2 Å². The number of hydrogen-bond acceptors (Lipinski definition) is 4. The molecule has 0 spiro atoms. The van der Waals surface area contributed by atoms with E-state index < -0.39 is 0 Å². The standard InChI is InChI=1S/C22H22FN3O2/c23-19-10-5-4-9-17(19)15-26(18-13-14-18)21(27)12-6-11-20-24-22(25-28-20)16-7-2-1-3-8-16/h1-5,7-10,18H,6,11-15H2. The highest BCUT2D eigenvalue weighted by Gasteiger charge is 2.32. The van der Waals surface area contributed by atoms with Crippen LogP contribution in [0.15, 0.2) is 59.1 Å². The first kappa shape index (κ1) is 18.3. The summed E-state index contributed by atoms with van der Waals surface area (Å²) < 4.78 is 19.2. The van der Waals surface area contributed by atoms with Crippen molar-refractivity contribution in [3.8, 4) is 11.4 Å². The van der Waals surface area contributed by atoms with Gasteiger partial charge in [0.25, 0.3) is 0 Å². The molecule has 144 valence electrons. The number of nitrogens with zero attached hydrogens (tertiary/aromatic N) is 3. The molecule has 1 amide bonds. The summed E-state index contributed by atoms with van der Waals surface area (Å²) in [7, 11) is 0. The number of carbonyl (C=O) groups is 1. The van der Waals surface area contributed by atoms with Crippen LogP contribution in [-0.2, 0) is 17.8 Å². The van der Waals surface area contributed by atoms with Crippen molar-refractivity contribution in [2.24, 2.45) is 0 Å². The van der Waals surface area contributed by atoms with Gasteiger partial charge in [-0.2, -0.15) is 4.98 Å². The summed E-state index contributed by atoms with van der Waals surface area (Å²) in [5.74, 6) is 0.869. The van der Waals surface area contributed by atoms with E-state index in [0.29, 0.717) is 43.1 Å². The third kappa shape index (κ3) is 4.44. The molecule has 1 fully saturated rings. The van der Waals surface area contributed by atoms with Gasteiger partial charge < -0.3 is 9.42 Å². The zero-order valence-corrected chi connectivity index (χ0v) is 15.6. The Morgan fingerprint density at radius 2 is 1.86 bits per heavy atom. The average molecular weight is 379 g/mol. The van der Waals surface area contributed by atoms with E-state index in [9.17, 15) is 9.18 Å². The molecule has 0 atom stereocenters. The van der Waals surface area contributed by atoms with Gasteiger partial charge in [-0.25, -0.2) is 4.39 Å². The van der Waals surface area contributed by atoms with Crippen LogP contribution in [0, 0.1) is 5.82 Å². The molecule has 0 unspecified atom stereocenters. The molecule has 1 saturated carbocycles. The summed E-state index contributed by atoms with van der Waals surface area (Å²) >= 11 is 0. The van der Waals surface area contributed by atoms with E-state index in [2.05, 4.69) is 10.1 Å². The maximum Gasteiger partial charge on any atom is 0.226 e. The zero-order chi connectivity index (χ0) is 19.3. The van der Waals surface area contributed by atoms with Gasteiger partial charge in [-0.05, 0) is 25.3 Å². The van der Waals surface area contributed by atoms with Gasteiger partial charge in [0.05, 0.1) is 0 Å². The molecule has 1 aromatic heterocycles. The summed E-state index contributed by atoms with van der Waals surface area (Å²) in [6, 6.07) is 16.5. The Morgan fingerprint density at radius 3 is 2.61 bits per heavy atom. The molecule has 0 saturated heterocycles. The highest BCUT2D eigenvalue weighted by Crippen LogP contribution is 2.29. The monoisotopic (exact) mass is 379 g/mol. The molecule has 0 bridgehead atoms. The van der Waals surface area contributed by atoms with Crippen molar-refractivity contribution in [2.75, 3.05) is 0 Å². The predicted octanol–water partition coefficient (Wildman–Crippen LogP) is 4.39. The van der Waals surface area contributed by atoms with Gasteiger partial charge in [0.2, 0.25) is 17.6 Å². The van der Waals surface area contributed by atoms with E-state index in [4.69, 9.17) is 4.52 Å². The minimum absolute atomic E-state index is 0.0496. The van der Waals surface area contributed by atoms with Crippen LogP contribution in [0.25, 0.3) is 11.4 Å². The van der Waals surface area contributed by atoms with Crippen LogP contribution in [-0.4, -0.2) is 27.0 Å². The Hall–Kier alpha value is -3.02. The van der Waals surface area contributed by atoms with Crippen molar-refractivity contribution >= 4 is 5.91 Å². The van der Waals surface area contributed by atoms with Crippen molar-refractivity contribution in [2.45, 2.75) is 44.7 Å². The largest absolute Gasteiger partial charge is 0.339 e. The summed E-state index contributed by atoms with van der Waals surface area (Å²) in [5, 5.41) is 4.00. The maximum atomic E-state index is 13.9. The van der Waals surface area contributed by atoms with Gasteiger partial charge >= 0.3 is 0 Å². The molecule has 1 aliphatic carbocycles. The second-order valence-electron chi connectivity index (χ2n) is 7.08. The molecular weight excluding hydrogens is 357 g/mol. The molecule has 5 nitrogen and oxygen atoms in total. The lowest BCUT2D eigenvalue weighted by molar-refractivity contribution is -0.132. The van der Waals surface area contributed by atoms with Crippen LogP contribution in [0.5, 0.6) is 0 Å². The first-order valence-corrected chi connectivity index (χ1v) is 9.61. The van der Waals surface area contributed by atoms with Gasteiger partial charge in [0.15, 0.2) is 0 Å². The Labute approximate surface area is 163 Å². The minimum atomic E-state index is -0.264. The summed E-state index contributed by atoms with van der Waals surface area (Å²) in [4.78, 5) is 18.9. The lowest BCUT2D eigenvalue weighted by atomic mass is 10.1. The smallest absolute Gasteiger partial charge is 0.226 e. The van der Waals surface area contributed by atoms with Crippen molar-refractivity contribution in [1.29, 1.82) is 0 Å². The van der Waals surface area contributed by atoms with Gasteiger partial charge in [0.1, 0.15) is 5.82 Å². The molecule has 1 heterocycles. The lowest BCUT2D eigenvalue weighted by Crippen LogP contribution is -2.32. The number of rotatable bonds is 8. The fraction of sp³-hybridized carbons (Fsp3) is 0.318. The van der Waals surface area contributed by atoms with Gasteiger partial charge in [-0.3, -0.25) is 4.79 Å². The third-order valence-electron chi connectivity index (χ3n) is 4.89. The highest BCUT2D eigenvalue weighted by atomic mass is 19.1. The lowest BCUT2D eigenvalue weighted by Gasteiger charge is -2.22. The first-order chi connectivity index (χ1) is 13.7. The normalized spacial score (nSPS) is 13.5. The molecule has 2 aromatic carbocycles. The van der Waals surface area contributed by atoms with E-state index in [1.807, 2.05) is 35.2 Å². The number of benzene rings is 2. The van der Waals surface area contributed by atoms with E-state index in [-0.39, 0.29) is 17.8 Å². The number of carbonyl (C=O) groups excluding carboxylic acids is 1. The van der Waals surface area contributed by atoms with Gasteiger partial charge in [-0.1, -0.05) is 53.7 Å². The Balaban J connectivity index is 1.32. The van der Waals surface area contributed by atoms with Crippen LogP contribution in [0.2, 0.25) is 0 Å². The zero-order valence-electron chi connectivity index (χ0n) is 15.6. The number of amides is 1. The van der Waals surface area contributed by atoms with Gasteiger partial charge in [-0.15, -0.1) is 0 Å². The van der Waals surface area contributed by atoms with Crippen LogP contribution in [0.1, 0.15) is 37.1 Å². The molecule has 0 aliphatic heterocycles. The molecule has 4 rings (SSSR count). The number of aromatic nitrogens is 2. The Kier molecular flexibility index (Phi) is 5.46.